The predicted molar refractivity (Wildman–Crippen MR) is 79.3 cm³/mol. The van der Waals surface area contributed by atoms with Crippen LogP contribution in [0.25, 0.3) is 0 Å². The molecule has 2 nitrogen and oxygen atoms in total. The van der Waals surface area contributed by atoms with Crippen molar-refractivity contribution in [1.82, 2.24) is 5.43 Å². The van der Waals surface area contributed by atoms with Crippen LogP contribution in [0.15, 0.2) is 40.9 Å². The van der Waals surface area contributed by atoms with Gasteiger partial charge >= 0.3 is 0 Å². The molecule has 0 bridgehead atoms. The van der Waals surface area contributed by atoms with Crippen molar-refractivity contribution >= 4 is 27.5 Å². The summed E-state index contributed by atoms with van der Waals surface area (Å²) in [6, 6.07) is 8.37. The van der Waals surface area contributed by atoms with Gasteiger partial charge in [0.25, 0.3) is 0 Å². The molecule has 2 aromatic rings. The molecule has 2 aromatic carbocycles. The fraction of sp³-hybridized carbons (Fsp3) is 0.143. The van der Waals surface area contributed by atoms with E-state index in [1.807, 2.05) is 0 Å². The number of hydrazine groups is 1. The number of halogens is 4. The first-order valence-electron chi connectivity index (χ1n) is 5.87. The summed E-state index contributed by atoms with van der Waals surface area (Å²) in [6.45, 7) is 0. The summed E-state index contributed by atoms with van der Waals surface area (Å²) in [7, 11) is 0. The van der Waals surface area contributed by atoms with Gasteiger partial charge in [-0.2, -0.15) is 0 Å². The Morgan fingerprint density at radius 3 is 2.60 bits per heavy atom. The average Bonchev–Trinajstić information content (AvgIpc) is 2.40. The molecule has 3 N–H and O–H groups in total. The van der Waals surface area contributed by atoms with Crippen molar-refractivity contribution in [3.63, 3.8) is 0 Å². The maximum Gasteiger partial charge on any atom is 0.127 e. The Bertz CT molecular complexity index is 602. The van der Waals surface area contributed by atoms with Gasteiger partial charge in [0.2, 0.25) is 0 Å². The predicted octanol–water partition coefficient (Wildman–Crippen LogP) is 4.13. The number of nitrogens with two attached hydrogens (primary N) is 1. The first-order valence-corrected chi connectivity index (χ1v) is 7.04. The van der Waals surface area contributed by atoms with E-state index in [2.05, 4.69) is 21.4 Å². The third kappa shape index (κ3) is 3.35. The van der Waals surface area contributed by atoms with Crippen LogP contribution in [0.5, 0.6) is 0 Å². The molecule has 0 aromatic heterocycles. The summed E-state index contributed by atoms with van der Waals surface area (Å²) >= 11 is 9.28. The topological polar surface area (TPSA) is 38.0 Å². The number of nitrogens with one attached hydrogen (secondary N) is 1. The Balaban J connectivity index is 2.34. The van der Waals surface area contributed by atoms with Crippen LogP contribution in [0, 0.1) is 11.6 Å². The number of hydrogen-bond donors (Lipinski definition) is 2. The minimum Gasteiger partial charge on any atom is -0.271 e. The third-order valence-electron chi connectivity index (χ3n) is 3.01. The first kappa shape index (κ1) is 15.4. The molecule has 0 amide bonds. The highest BCUT2D eigenvalue weighted by Gasteiger charge is 2.18. The van der Waals surface area contributed by atoms with Gasteiger partial charge in [-0.25, -0.2) is 8.78 Å². The van der Waals surface area contributed by atoms with Crippen LogP contribution in [0.2, 0.25) is 5.02 Å². The highest BCUT2D eigenvalue weighted by atomic mass is 79.9. The summed E-state index contributed by atoms with van der Waals surface area (Å²) in [6.07, 6.45) is 0.256. The number of rotatable bonds is 4. The molecule has 1 atom stereocenters. The fourth-order valence-electron chi connectivity index (χ4n) is 1.97. The van der Waals surface area contributed by atoms with Gasteiger partial charge in [0, 0.05) is 15.1 Å². The lowest BCUT2D eigenvalue weighted by Gasteiger charge is -2.19. The third-order valence-corrected chi connectivity index (χ3v) is 4.05. The molecule has 0 aliphatic carbocycles. The van der Waals surface area contributed by atoms with Crippen LogP contribution < -0.4 is 11.3 Å². The SMILES string of the molecule is NNC(Cc1c(F)cccc1Cl)c1ccc(F)cc1Br. The van der Waals surface area contributed by atoms with Crippen molar-refractivity contribution in [1.29, 1.82) is 0 Å². The molecule has 6 heteroatoms. The van der Waals surface area contributed by atoms with Gasteiger partial charge in [0.15, 0.2) is 0 Å². The Kier molecular flexibility index (Phi) is 5.10. The first-order chi connectivity index (χ1) is 9.52. The molecular weight excluding hydrogens is 350 g/mol. The largest absolute Gasteiger partial charge is 0.271 e. The lowest BCUT2D eigenvalue weighted by molar-refractivity contribution is 0.526. The van der Waals surface area contributed by atoms with Gasteiger partial charge < -0.3 is 0 Å². The van der Waals surface area contributed by atoms with Crippen LogP contribution in [-0.4, -0.2) is 0 Å². The van der Waals surface area contributed by atoms with Gasteiger partial charge in [0.05, 0.1) is 6.04 Å². The Morgan fingerprint density at radius 1 is 1.25 bits per heavy atom. The molecule has 0 saturated carbocycles. The van der Waals surface area contributed by atoms with E-state index in [-0.39, 0.29) is 18.3 Å². The minimum absolute atomic E-state index is 0.256. The molecule has 20 heavy (non-hydrogen) atoms. The van der Waals surface area contributed by atoms with E-state index < -0.39 is 5.82 Å². The van der Waals surface area contributed by atoms with E-state index in [0.717, 1.165) is 5.56 Å². The van der Waals surface area contributed by atoms with Gasteiger partial charge in [-0.3, -0.25) is 11.3 Å². The summed E-state index contributed by atoms with van der Waals surface area (Å²) in [4.78, 5) is 0. The van der Waals surface area contributed by atoms with E-state index >= 15 is 0 Å². The lowest BCUT2D eigenvalue weighted by Crippen LogP contribution is -2.30. The van der Waals surface area contributed by atoms with Crippen molar-refractivity contribution in [2.24, 2.45) is 5.84 Å². The highest BCUT2D eigenvalue weighted by molar-refractivity contribution is 9.10. The second-order valence-electron chi connectivity index (χ2n) is 4.29. The smallest absolute Gasteiger partial charge is 0.127 e. The Labute approximate surface area is 129 Å². The van der Waals surface area contributed by atoms with E-state index in [4.69, 9.17) is 17.4 Å². The lowest BCUT2D eigenvalue weighted by atomic mass is 9.99. The fourth-order valence-corrected chi connectivity index (χ4v) is 2.84. The van der Waals surface area contributed by atoms with Crippen LogP contribution in [0.4, 0.5) is 8.78 Å². The molecule has 0 aliphatic heterocycles. The van der Waals surface area contributed by atoms with E-state index in [1.54, 1.807) is 18.2 Å². The van der Waals surface area contributed by atoms with Gasteiger partial charge in [0.1, 0.15) is 11.6 Å². The second-order valence-corrected chi connectivity index (χ2v) is 5.55. The van der Waals surface area contributed by atoms with Crippen molar-refractivity contribution in [3.8, 4) is 0 Å². The van der Waals surface area contributed by atoms with Crippen molar-refractivity contribution in [2.45, 2.75) is 12.5 Å². The molecule has 106 valence electrons. The van der Waals surface area contributed by atoms with Gasteiger partial charge in [-0.15, -0.1) is 0 Å². The van der Waals surface area contributed by atoms with Crippen molar-refractivity contribution in [3.05, 3.63) is 68.7 Å². The maximum atomic E-state index is 13.8. The van der Waals surface area contributed by atoms with Crippen LogP contribution in [-0.2, 0) is 6.42 Å². The molecule has 0 fully saturated rings. The number of benzene rings is 2. The number of hydrogen-bond acceptors (Lipinski definition) is 2. The second kappa shape index (κ2) is 6.63. The zero-order valence-electron chi connectivity index (χ0n) is 10.3. The quantitative estimate of drug-likeness (QED) is 0.635. The molecule has 0 heterocycles. The normalized spacial score (nSPS) is 12.4. The molecule has 0 radical (unpaired) electrons. The van der Waals surface area contributed by atoms with Crippen LogP contribution >= 0.6 is 27.5 Å². The molecule has 2 rings (SSSR count). The summed E-state index contributed by atoms with van der Waals surface area (Å²) in [5.74, 6) is 4.78. The van der Waals surface area contributed by atoms with Crippen molar-refractivity contribution in [2.75, 3.05) is 0 Å². The van der Waals surface area contributed by atoms with Crippen LogP contribution in [0.3, 0.4) is 0 Å². The van der Waals surface area contributed by atoms with Crippen LogP contribution in [0.1, 0.15) is 17.2 Å². The van der Waals surface area contributed by atoms with E-state index in [9.17, 15) is 8.78 Å². The Morgan fingerprint density at radius 2 is 2.00 bits per heavy atom. The van der Waals surface area contributed by atoms with E-state index in [0.29, 0.717) is 15.1 Å². The molecule has 1 unspecified atom stereocenters. The zero-order chi connectivity index (χ0) is 14.7. The van der Waals surface area contributed by atoms with Gasteiger partial charge in [-0.05, 0) is 36.2 Å². The summed E-state index contributed by atoms with van der Waals surface area (Å²) in [5.41, 5.74) is 3.70. The monoisotopic (exact) mass is 360 g/mol. The summed E-state index contributed by atoms with van der Waals surface area (Å²) < 4.78 is 27.5. The zero-order valence-corrected chi connectivity index (χ0v) is 12.7. The molecule has 0 aliphatic rings. The maximum absolute atomic E-state index is 13.8. The highest BCUT2D eigenvalue weighted by Crippen LogP contribution is 2.29. The molecule has 0 saturated heterocycles. The minimum atomic E-state index is -0.393. The van der Waals surface area contributed by atoms with Gasteiger partial charge in [-0.1, -0.05) is 39.7 Å². The molecule has 0 spiro atoms. The summed E-state index contributed by atoms with van der Waals surface area (Å²) in [5, 5.41) is 0.337. The molecular formula is C14H12BrClF2N2. The standard InChI is InChI=1S/C14H12BrClF2N2/c15-11-6-8(17)4-5-9(11)14(20-19)7-10-12(16)2-1-3-13(10)18/h1-6,14,20H,7,19H2. The van der Waals surface area contributed by atoms with E-state index in [1.165, 1.54) is 18.2 Å². The average molecular weight is 362 g/mol. The van der Waals surface area contributed by atoms with Crippen molar-refractivity contribution < 1.29 is 8.78 Å². The Hall–Kier alpha value is -1.01.